The first-order chi connectivity index (χ1) is 28.7. The molecule has 65 heavy (non-hydrogen) atoms. The minimum atomic E-state index is -5.07. The number of hydrogen-bond donors (Lipinski definition) is 13. The molecule has 13 N–H and O–H groups in total. The van der Waals surface area contributed by atoms with Gasteiger partial charge in [0.15, 0.2) is 0 Å². The molecule has 0 fully saturated rings. The molecule has 0 aliphatic heterocycles. The number of aliphatic hydroxyl groups is 11. The minimum Gasteiger partial charge on any atom is -0.790 e. The molecule has 0 unspecified atom stereocenters. The van der Waals surface area contributed by atoms with Gasteiger partial charge in [-0.15, -0.1) is 0 Å². The van der Waals surface area contributed by atoms with Gasteiger partial charge in [0, 0.05) is 58.9 Å². The van der Waals surface area contributed by atoms with E-state index in [2.05, 4.69) is 23.3 Å². The molecule has 27 nitrogen and oxygen atoms in total. The molecule has 0 radical (unpaired) electrons. The number of aliphatic carboxylic acids is 1. The molecular formula is C32H76N4Na3O23PS2. The van der Waals surface area contributed by atoms with Crippen LogP contribution in [0.2, 0.25) is 0 Å². The fourth-order valence-corrected chi connectivity index (χ4v) is 5.02. The standard InChI is InChI=1S/C7H17NO.2C6H15NO5S.C5H13NO2.C5H10O4.C3H9O6P.3Na/c1-3-5-8(4-2)6-7-9;2*8-4-1-7(2-5-9)3-6-13(10,11)12;1-6(2-4-7)3-5-8;1-5(2-6,3-7)4(8)9;4-1-3(2-5)9-10(6,7)8;;;/h9H,3-7H2,1-2H3;2*8-9H,1-6H2,(H,10,11,12);7-8H,2-5H2,1H3;6-7H,2-3H2,1H3,(H,8,9);3-5H,1-2H2,(H2,6,7,8);;;/q;;;;;;3*+1/p-3. The Morgan fingerprint density at radius 3 is 1.12 bits per heavy atom. The monoisotopic (exact) mass is 1050 g/mol. The SMILES string of the molecule is CC(CO)(CO)C(=O)O.CCCN(CC)CCO.CN(CCO)CCO.O=P([O-])([O-])OC(CO)CO.O=S(=O)(O)CCN(CCO)CCO.O=S(=O)([O-])CCN(CCO)CCO.[Na+].[Na+].[Na+]. The fourth-order valence-electron chi connectivity index (χ4n) is 3.55. The molecule has 0 aromatic rings. The smallest absolute Gasteiger partial charge is 0.790 e. The maximum Gasteiger partial charge on any atom is 1.00 e. The Bertz CT molecular complexity index is 1180. The normalized spacial score (nSPS) is 11.2. The number of phosphoric ester groups is 1. The van der Waals surface area contributed by atoms with Gasteiger partial charge in [0.1, 0.15) is 11.5 Å². The van der Waals surface area contributed by atoms with E-state index in [1.54, 1.807) is 4.90 Å². The fraction of sp³-hybridized carbons (Fsp3) is 0.969. The van der Waals surface area contributed by atoms with E-state index in [0.717, 1.165) is 19.6 Å². The van der Waals surface area contributed by atoms with Crippen molar-refractivity contribution < 1.29 is 200 Å². The van der Waals surface area contributed by atoms with Crippen LogP contribution < -0.4 is 98.5 Å². The van der Waals surface area contributed by atoms with Gasteiger partial charge in [-0.3, -0.25) is 19.1 Å². The third kappa shape index (κ3) is 72.5. The second-order valence-electron chi connectivity index (χ2n) is 12.8. The van der Waals surface area contributed by atoms with Crippen molar-refractivity contribution >= 4 is 34.0 Å². The Balaban J connectivity index is -0.0000000827. The minimum absolute atomic E-state index is 0. The Labute approximate surface area is 451 Å². The van der Waals surface area contributed by atoms with Crippen LogP contribution in [0, 0.1) is 5.41 Å². The molecule has 0 saturated heterocycles. The number of carbonyl (C=O) groups is 1. The zero-order valence-electron chi connectivity index (χ0n) is 39.2. The molecule has 0 aliphatic rings. The molecular weight excluding hydrogens is 972 g/mol. The van der Waals surface area contributed by atoms with Crippen molar-refractivity contribution in [2.45, 2.75) is 33.3 Å². The van der Waals surface area contributed by atoms with E-state index in [-0.39, 0.29) is 180 Å². The average molecular weight is 1050 g/mol. The Hall–Kier alpha value is 1.80. The number of carboxylic acid groups (broad SMARTS) is 1. The topological polar surface area (TPSA) is 457 Å². The molecule has 382 valence electrons. The van der Waals surface area contributed by atoms with Crippen LogP contribution in [0.25, 0.3) is 0 Å². The average Bonchev–Trinajstić information content (AvgIpc) is 3.18. The predicted octanol–water partition coefficient (Wildman–Crippen LogP) is -17.1. The number of aliphatic hydroxyl groups excluding tert-OH is 11. The van der Waals surface area contributed by atoms with Gasteiger partial charge in [0.25, 0.3) is 10.1 Å². The summed E-state index contributed by atoms with van der Waals surface area (Å²) in [6, 6.07) is 0. The van der Waals surface area contributed by atoms with Crippen LogP contribution >= 0.6 is 7.82 Å². The number of rotatable bonds is 30. The van der Waals surface area contributed by atoms with E-state index in [4.69, 9.17) is 65.8 Å². The van der Waals surface area contributed by atoms with E-state index >= 15 is 0 Å². The zero-order valence-corrected chi connectivity index (χ0v) is 47.7. The van der Waals surface area contributed by atoms with E-state index in [0.29, 0.717) is 13.1 Å². The van der Waals surface area contributed by atoms with Crippen LogP contribution in [0.5, 0.6) is 0 Å². The van der Waals surface area contributed by atoms with Crippen LogP contribution in [0.3, 0.4) is 0 Å². The van der Waals surface area contributed by atoms with Gasteiger partial charge in [0.05, 0.1) is 102 Å². The number of hydrogen-bond acceptors (Lipinski definition) is 25. The molecule has 0 saturated carbocycles. The third-order valence-electron chi connectivity index (χ3n) is 7.25. The largest absolute Gasteiger partial charge is 1.00 e. The molecule has 0 aliphatic carbocycles. The van der Waals surface area contributed by atoms with Crippen LogP contribution in [0.1, 0.15) is 27.2 Å². The molecule has 0 spiro atoms. The molecule has 0 heterocycles. The van der Waals surface area contributed by atoms with E-state index < -0.39 is 77.7 Å². The van der Waals surface area contributed by atoms with Crippen LogP contribution in [-0.4, -0.2) is 282 Å². The van der Waals surface area contributed by atoms with E-state index in [1.807, 2.05) is 11.9 Å². The first-order valence-corrected chi connectivity index (χ1v) is 23.7. The van der Waals surface area contributed by atoms with Gasteiger partial charge in [-0.05, 0) is 33.5 Å². The summed E-state index contributed by atoms with van der Waals surface area (Å²) < 4.78 is 73.3. The molecule has 0 atom stereocenters. The van der Waals surface area contributed by atoms with Crippen molar-refractivity contribution in [3.63, 3.8) is 0 Å². The van der Waals surface area contributed by atoms with E-state index in [1.165, 1.54) is 18.2 Å². The summed E-state index contributed by atoms with van der Waals surface area (Å²) in [6.45, 7) is 8.71. The second kappa shape index (κ2) is 56.7. The summed E-state index contributed by atoms with van der Waals surface area (Å²) in [7, 11) is -11.4. The molecule has 0 aromatic heterocycles. The maximum atomic E-state index is 10.3. The van der Waals surface area contributed by atoms with Crippen LogP contribution in [0.15, 0.2) is 0 Å². The Morgan fingerprint density at radius 2 is 0.938 bits per heavy atom. The summed E-state index contributed by atoms with van der Waals surface area (Å²) >= 11 is 0. The summed E-state index contributed by atoms with van der Waals surface area (Å²) in [4.78, 5) is 36.9. The second-order valence-corrected chi connectivity index (χ2v) is 17.0. The van der Waals surface area contributed by atoms with Gasteiger partial charge < -0.3 is 94.5 Å². The van der Waals surface area contributed by atoms with Crippen molar-refractivity contribution in [3.8, 4) is 0 Å². The van der Waals surface area contributed by atoms with E-state index in [9.17, 15) is 40.5 Å². The summed E-state index contributed by atoms with van der Waals surface area (Å²) in [5, 5.41) is 101. The molecule has 33 heteroatoms. The van der Waals surface area contributed by atoms with Crippen LogP contribution in [0.4, 0.5) is 0 Å². The first kappa shape index (κ1) is 86.6. The van der Waals surface area contributed by atoms with Crippen molar-refractivity contribution in [1.29, 1.82) is 0 Å². The van der Waals surface area contributed by atoms with Crippen molar-refractivity contribution in [1.82, 2.24) is 19.6 Å². The molecule has 0 amide bonds. The van der Waals surface area contributed by atoms with Crippen molar-refractivity contribution in [2.24, 2.45) is 5.41 Å². The summed E-state index contributed by atoms with van der Waals surface area (Å²) in [5.74, 6) is -2.06. The summed E-state index contributed by atoms with van der Waals surface area (Å²) in [6.07, 6.45) is -0.158. The molecule has 0 rings (SSSR count). The van der Waals surface area contributed by atoms with Gasteiger partial charge in [-0.1, -0.05) is 13.8 Å². The maximum absolute atomic E-state index is 10.3. The third-order valence-corrected chi connectivity index (χ3v) is 9.19. The Kier molecular flexibility index (Phi) is 75.5. The quantitative estimate of drug-likeness (QED) is 0.0180. The number of phosphoric acid groups is 1. The van der Waals surface area contributed by atoms with Crippen molar-refractivity contribution in [3.05, 3.63) is 0 Å². The number of nitrogens with zero attached hydrogens (tertiary/aromatic N) is 4. The number of likely N-dealkylation sites (N-methyl/N-ethyl adjacent to an activating group) is 2. The van der Waals surface area contributed by atoms with Crippen LogP contribution in [-0.2, 0) is 34.1 Å². The zero-order chi connectivity index (χ0) is 49.8. The summed E-state index contributed by atoms with van der Waals surface area (Å²) in [5.41, 5.74) is -1.39. The van der Waals surface area contributed by atoms with Gasteiger partial charge >= 0.3 is 94.6 Å². The van der Waals surface area contributed by atoms with Crippen molar-refractivity contribution in [2.75, 3.05) is 163 Å². The Morgan fingerprint density at radius 1 is 0.615 bits per heavy atom. The predicted molar refractivity (Wildman–Crippen MR) is 220 cm³/mol. The molecule has 0 bridgehead atoms. The van der Waals surface area contributed by atoms with Gasteiger partial charge in [-0.25, -0.2) is 8.42 Å². The molecule has 0 aromatic carbocycles. The van der Waals surface area contributed by atoms with Gasteiger partial charge in [-0.2, -0.15) is 8.42 Å². The first-order valence-electron chi connectivity index (χ1n) is 19.1. The number of carboxylic acids is 1. The van der Waals surface area contributed by atoms with Gasteiger partial charge in [0.2, 0.25) is 0 Å².